The molecule has 0 saturated heterocycles. The zero-order valence-corrected chi connectivity index (χ0v) is 12.0. The predicted octanol–water partition coefficient (Wildman–Crippen LogP) is 3.03. The lowest BCUT2D eigenvalue weighted by Gasteiger charge is -2.41. The first kappa shape index (κ1) is 14.2. The molecule has 0 fully saturated rings. The van der Waals surface area contributed by atoms with Gasteiger partial charge in [0.1, 0.15) is 0 Å². The van der Waals surface area contributed by atoms with Crippen LogP contribution in [0.3, 0.4) is 0 Å². The standard InChI is InChI=1S/C15H26N2/c1-7-15(4,17(5)6)14(16)13-9-11(2)8-12(3)10-13/h8-10,14H,7,16H2,1-6H3. The Labute approximate surface area is 106 Å². The maximum absolute atomic E-state index is 6.48. The van der Waals surface area contributed by atoms with Crippen LogP contribution in [-0.4, -0.2) is 24.5 Å². The Morgan fingerprint density at radius 3 is 2.00 bits per heavy atom. The van der Waals surface area contributed by atoms with E-state index in [0.717, 1.165) is 6.42 Å². The van der Waals surface area contributed by atoms with Gasteiger partial charge < -0.3 is 10.6 Å². The fourth-order valence-electron chi connectivity index (χ4n) is 2.36. The van der Waals surface area contributed by atoms with Crippen LogP contribution in [0.25, 0.3) is 0 Å². The van der Waals surface area contributed by atoms with E-state index in [0.29, 0.717) is 0 Å². The van der Waals surface area contributed by atoms with Crippen LogP contribution in [0.2, 0.25) is 0 Å². The van der Waals surface area contributed by atoms with Gasteiger partial charge in [-0.1, -0.05) is 36.2 Å². The van der Waals surface area contributed by atoms with E-state index in [2.05, 4.69) is 64.9 Å². The first-order chi connectivity index (χ1) is 7.81. The molecule has 1 aromatic rings. The quantitative estimate of drug-likeness (QED) is 0.867. The Kier molecular flexibility index (Phi) is 4.34. The maximum atomic E-state index is 6.48. The molecule has 0 aliphatic carbocycles. The Morgan fingerprint density at radius 1 is 1.18 bits per heavy atom. The normalized spacial score (nSPS) is 16.9. The van der Waals surface area contributed by atoms with Crippen molar-refractivity contribution in [1.82, 2.24) is 4.90 Å². The van der Waals surface area contributed by atoms with Gasteiger partial charge in [0.25, 0.3) is 0 Å². The third-order valence-electron chi connectivity index (χ3n) is 4.01. The highest BCUT2D eigenvalue weighted by molar-refractivity contribution is 5.32. The van der Waals surface area contributed by atoms with Crippen LogP contribution in [0.4, 0.5) is 0 Å². The summed E-state index contributed by atoms with van der Waals surface area (Å²) < 4.78 is 0. The fraction of sp³-hybridized carbons (Fsp3) is 0.600. The average Bonchev–Trinajstić information content (AvgIpc) is 2.25. The number of aryl methyl sites for hydroxylation is 2. The molecule has 2 unspecified atom stereocenters. The molecule has 0 spiro atoms. The molecule has 0 amide bonds. The molecule has 0 bridgehead atoms. The smallest absolute Gasteiger partial charge is 0.0479 e. The van der Waals surface area contributed by atoms with Gasteiger partial charge in [-0.05, 0) is 46.9 Å². The third kappa shape index (κ3) is 2.88. The zero-order valence-electron chi connectivity index (χ0n) is 12.0. The topological polar surface area (TPSA) is 29.3 Å². The monoisotopic (exact) mass is 234 g/mol. The minimum absolute atomic E-state index is 0.000231. The first-order valence-corrected chi connectivity index (χ1v) is 6.32. The number of hydrogen-bond acceptors (Lipinski definition) is 2. The fourth-order valence-corrected chi connectivity index (χ4v) is 2.36. The van der Waals surface area contributed by atoms with E-state index in [1.54, 1.807) is 0 Å². The molecule has 17 heavy (non-hydrogen) atoms. The summed E-state index contributed by atoms with van der Waals surface area (Å²) in [4.78, 5) is 2.23. The molecule has 0 saturated carbocycles. The van der Waals surface area contributed by atoms with Crippen molar-refractivity contribution in [3.8, 4) is 0 Å². The van der Waals surface area contributed by atoms with Crippen LogP contribution in [0, 0.1) is 13.8 Å². The molecule has 2 atom stereocenters. The molecule has 96 valence electrons. The second-order valence-electron chi connectivity index (χ2n) is 5.50. The summed E-state index contributed by atoms with van der Waals surface area (Å²) in [5, 5.41) is 0. The van der Waals surface area contributed by atoms with E-state index in [1.165, 1.54) is 16.7 Å². The summed E-state index contributed by atoms with van der Waals surface area (Å²) in [5.74, 6) is 0. The minimum Gasteiger partial charge on any atom is -0.322 e. The second kappa shape index (κ2) is 5.19. The predicted molar refractivity (Wildman–Crippen MR) is 75.2 cm³/mol. The lowest BCUT2D eigenvalue weighted by molar-refractivity contribution is 0.132. The number of hydrogen-bond donors (Lipinski definition) is 1. The van der Waals surface area contributed by atoms with Crippen LogP contribution < -0.4 is 5.73 Å². The molecular formula is C15H26N2. The molecule has 0 radical (unpaired) electrons. The van der Waals surface area contributed by atoms with Crippen LogP contribution in [0.15, 0.2) is 18.2 Å². The summed E-state index contributed by atoms with van der Waals surface area (Å²) in [5.41, 5.74) is 10.3. The highest BCUT2D eigenvalue weighted by Gasteiger charge is 2.33. The Morgan fingerprint density at radius 2 is 1.65 bits per heavy atom. The van der Waals surface area contributed by atoms with Gasteiger partial charge in [-0.15, -0.1) is 0 Å². The zero-order chi connectivity index (χ0) is 13.2. The molecule has 2 N–H and O–H groups in total. The van der Waals surface area contributed by atoms with Crippen molar-refractivity contribution in [2.75, 3.05) is 14.1 Å². The van der Waals surface area contributed by atoms with Crippen molar-refractivity contribution in [2.45, 2.75) is 45.7 Å². The summed E-state index contributed by atoms with van der Waals surface area (Å²) in [7, 11) is 4.21. The molecule has 2 heteroatoms. The van der Waals surface area contributed by atoms with Crippen molar-refractivity contribution >= 4 is 0 Å². The van der Waals surface area contributed by atoms with Gasteiger partial charge in [0, 0.05) is 11.6 Å². The van der Waals surface area contributed by atoms with Crippen LogP contribution >= 0.6 is 0 Å². The first-order valence-electron chi connectivity index (χ1n) is 6.32. The van der Waals surface area contributed by atoms with Gasteiger partial charge in [0.15, 0.2) is 0 Å². The molecule has 0 aliphatic rings. The van der Waals surface area contributed by atoms with Crippen molar-refractivity contribution in [1.29, 1.82) is 0 Å². The van der Waals surface area contributed by atoms with Gasteiger partial charge >= 0.3 is 0 Å². The molecule has 0 heterocycles. The van der Waals surface area contributed by atoms with E-state index < -0.39 is 0 Å². The summed E-state index contributed by atoms with van der Waals surface area (Å²) in [6.45, 7) is 8.68. The van der Waals surface area contributed by atoms with Crippen molar-refractivity contribution in [3.05, 3.63) is 34.9 Å². The highest BCUT2D eigenvalue weighted by atomic mass is 15.2. The van der Waals surface area contributed by atoms with Crippen LogP contribution in [0.1, 0.15) is 43.0 Å². The molecule has 0 aliphatic heterocycles. The Balaban J connectivity index is 3.14. The van der Waals surface area contributed by atoms with Gasteiger partial charge in [0.05, 0.1) is 0 Å². The number of nitrogens with zero attached hydrogens (tertiary/aromatic N) is 1. The summed E-state index contributed by atoms with van der Waals surface area (Å²) >= 11 is 0. The van der Waals surface area contributed by atoms with Crippen molar-refractivity contribution in [2.24, 2.45) is 5.73 Å². The summed E-state index contributed by atoms with van der Waals surface area (Å²) in [6, 6.07) is 6.64. The molecule has 0 aromatic heterocycles. The van der Waals surface area contributed by atoms with E-state index in [4.69, 9.17) is 5.73 Å². The van der Waals surface area contributed by atoms with E-state index >= 15 is 0 Å². The van der Waals surface area contributed by atoms with Gasteiger partial charge in [-0.25, -0.2) is 0 Å². The highest BCUT2D eigenvalue weighted by Crippen LogP contribution is 2.31. The molecular weight excluding hydrogens is 208 g/mol. The molecule has 1 aromatic carbocycles. The van der Waals surface area contributed by atoms with Crippen LogP contribution in [0.5, 0.6) is 0 Å². The number of nitrogens with two attached hydrogens (primary N) is 1. The van der Waals surface area contributed by atoms with E-state index in [1.807, 2.05) is 0 Å². The third-order valence-corrected chi connectivity index (χ3v) is 4.01. The molecule has 2 nitrogen and oxygen atoms in total. The van der Waals surface area contributed by atoms with Crippen LogP contribution in [-0.2, 0) is 0 Å². The van der Waals surface area contributed by atoms with E-state index in [-0.39, 0.29) is 11.6 Å². The number of rotatable bonds is 4. The maximum Gasteiger partial charge on any atom is 0.0479 e. The number of likely N-dealkylation sites (N-methyl/N-ethyl adjacent to an activating group) is 1. The average molecular weight is 234 g/mol. The van der Waals surface area contributed by atoms with Crippen molar-refractivity contribution in [3.63, 3.8) is 0 Å². The van der Waals surface area contributed by atoms with Gasteiger partial charge in [0.2, 0.25) is 0 Å². The largest absolute Gasteiger partial charge is 0.322 e. The van der Waals surface area contributed by atoms with E-state index in [9.17, 15) is 0 Å². The minimum atomic E-state index is 0.000231. The lowest BCUT2D eigenvalue weighted by Crippen LogP contribution is -2.49. The molecule has 1 rings (SSSR count). The van der Waals surface area contributed by atoms with Gasteiger partial charge in [-0.3, -0.25) is 0 Å². The SMILES string of the molecule is CCC(C)(C(N)c1cc(C)cc(C)c1)N(C)C. The number of benzene rings is 1. The van der Waals surface area contributed by atoms with Crippen molar-refractivity contribution < 1.29 is 0 Å². The summed E-state index contributed by atoms with van der Waals surface area (Å²) in [6.07, 6.45) is 1.04. The Hall–Kier alpha value is -0.860. The Bertz CT molecular complexity index is 364. The van der Waals surface area contributed by atoms with Gasteiger partial charge in [-0.2, -0.15) is 0 Å². The lowest BCUT2D eigenvalue weighted by atomic mass is 9.83. The second-order valence-corrected chi connectivity index (χ2v) is 5.50.